The normalized spacial score (nSPS) is 13.2. The summed E-state index contributed by atoms with van der Waals surface area (Å²) in [4.78, 5) is 23.9. The van der Waals surface area contributed by atoms with Gasteiger partial charge in [-0.05, 0) is 51.0 Å². The molecule has 0 unspecified atom stereocenters. The molecule has 1 rings (SSSR count). The highest BCUT2D eigenvalue weighted by atomic mass is 79.9. The topological polar surface area (TPSA) is 114 Å². The maximum absolute atomic E-state index is 12.5. The number of hydrogen-bond donors (Lipinski definition) is 3. The molecule has 1 aromatic rings. The van der Waals surface area contributed by atoms with Gasteiger partial charge in [-0.15, -0.1) is 0 Å². The number of benzene rings is 1. The molecule has 0 radical (unpaired) electrons. The van der Waals surface area contributed by atoms with Crippen molar-refractivity contribution in [3.8, 4) is 0 Å². The van der Waals surface area contributed by atoms with Gasteiger partial charge in [0.15, 0.2) is 0 Å². The van der Waals surface area contributed by atoms with Crippen LogP contribution in [-0.2, 0) is 19.6 Å². The summed E-state index contributed by atoms with van der Waals surface area (Å²) in [5, 5.41) is 0. The molecule has 0 fully saturated rings. The minimum absolute atomic E-state index is 0.0271. The van der Waals surface area contributed by atoms with E-state index in [1.807, 2.05) is 0 Å². The van der Waals surface area contributed by atoms with Crippen molar-refractivity contribution in [3.63, 3.8) is 0 Å². The SMILES string of the molecule is CC(C)[C@H](NS(=O)(=O)c1ccc(Br)cc1)C(=O)NNC(=O)OC(C)(C)C. The molecule has 10 heteroatoms. The summed E-state index contributed by atoms with van der Waals surface area (Å²) in [6.07, 6.45) is -0.843. The molecule has 0 bridgehead atoms. The molecule has 0 aliphatic carbocycles. The molecule has 8 nitrogen and oxygen atoms in total. The average Bonchev–Trinajstić information content (AvgIpc) is 2.49. The lowest BCUT2D eigenvalue weighted by molar-refractivity contribution is -0.124. The van der Waals surface area contributed by atoms with Gasteiger partial charge in [-0.2, -0.15) is 4.72 Å². The molecule has 0 saturated heterocycles. The van der Waals surface area contributed by atoms with Gasteiger partial charge in [0.1, 0.15) is 11.6 Å². The molecule has 0 spiro atoms. The maximum Gasteiger partial charge on any atom is 0.426 e. The van der Waals surface area contributed by atoms with E-state index in [0.29, 0.717) is 0 Å². The Labute approximate surface area is 162 Å². The van der Waals surface area contributed by atoms with Crippen LogP contribution in [-0.4, -0.2) is 32.1 Å². The van der Waals surface area contributed by atoms with E-state index in [1.54, 1.807) is 46.8 Å². The molecule has 0 aliphatic heterocycles. The van der Waals surface area contributed by atoms with Gasteiger partial charge in [-0.3, -0.25) is 10.2 Å². The zero-order valence-electron chi connectivity index (χ0n) is 15.3. The number of rotatable bonds is 5. The van der Waals surface area contributed by atoms with E-state index in [4.69, 9.17) is 4.74 Å². The number of sulfonamides is 1. The molecule has 0 saturated carbocycles. The van der Waals surface area contributed by atoms with Crippen molar-refractivity contribution in [1.82, 2.24) is 15.6 Å². The maximum atomic E-state index is 12.5. The van der Waals surface area contributed by atoms with Crippen LogP contribution in [0.25, 0.3) is 0 Å². The number of amides is 2. The van der Waals surface area contributed by atoms with Crippen LogP contribution in [0, 0.1) is 5.92 Å². The first-order valence-electron chi connectivity index (χ1n) is 7.88. The van der Waals surface area contributed by atoms with E-state index in [1.165, 1.54) is 12.1 Å². The standard InChI is InChI=1S/C16H24BrN3O5S/c1-10(2)13(14(21)18-19-15(22)25-16(3,4)5)20-26(23,24)12-8-6-11(17)7-9-12/h6-10,13,20H,1-5H3,(H,18,21)(H,19,22)/t13-/m0/s1. The monoisotopic (exact) mass is 449 g/mol. The minimum Gasteiger partial charge on any atom is -0.443 e. The Bertz CT molecular complexity index is 742. The molecule has 0 aromatic heterocycles. The van der Waals surface area contributed by atoms with Crippen molar-refractivity contribution < 1.29 is 22.7 Å². The molecular formula is C16H24BrN3O5S. The van der Waals surface area contributed by atoms with Crippen molar-refractivity contribution >= 4 is 38.0 Å². The average molecular weight is 450 g/mol. The van der Waals surface area contributed by atoms with Gasteiger partial charge in [0.05, 0.1) is 4.90 Å². The van der Waals surface area contributed by atoms with Crippen LogP contribution in [0.4, 0.5) is 4.79 Å². The van der Waals surface area contributed by atoms with Crippen molar-refractivity contribution in [2.75, 3.05) is 0 Å². The number of ether oxygens (including phenoxy) is 1. The van der Waals surface area contributed by atoms with Crippen molar-refractivity contribution in [2.45, 2.75) is 51.2 Å². The number of carbonyl (C=O) groups is 2. The van der Waals surface area contributed by atoms with Crippen LogP contribution in [0.2, 0.25) is 0 Å². The first-order chi connectivity index (χ1) is 11.8. The molecule has 1 atom stereocenters. The fourth-order valence-electron chi connectivity index (χ4n) is 1.84. The Morgan fingerprint density at radius 3 is 2.08 bits per heavy atom. The minimum atomic E-state index is -3.91. The highest BCUT2D eigenvalue weighted by molar-refractivity contribution is 9.10. The van der Waals surface area contributed by atoms with E-state index in [2.05, 4.69) is 31.5 Å². The van der Waals surface area contributed by atoms with Crippen molar-refractivity contribution in [2.24, 2.45) is 5.92 Å². The third kappa shape index (κ3) is 7.30. The molecule has 2 amide bonds. The first kappa shape index (κ1) is 22.4. The Kier molecular flexibility index (Phi) is 7.60. The predicted molar refractivity (Wildman–Crippen MR) is 101 cm³/mol. The molecular weight excluding hydrogens is 426 g/mol. The largest absolute Gasteiger partial charge is 0.443 e. The van der Waals surface area contributed by atoms with Crippen LogP contribution in [0.3, 0.4) is 0 Å². The van der Waals surface area contributed by atoms with E-state index in [0.717, 1.165) is 4.47 Å². The lowest BCUT2D eigenvalue weighted by Gasteiger charge is -2.23. The number of hydrazine groups is 1. The Morgan fingerprint density at radius 2 is 1.62 bits per heavy atom. The molecule has 0 heterocycles. The number of hydrogen-bond acceptors (Lipinski definition) is 5. The smallest absolute Gasteiger partial charge is 0.426 e. The highest BCUT2D eigenvalue weighted by Gasteiger charge is 2.29. The molecule has 1 aromatic carbocycles. The van der Waals surface area contributed by atoms with E-state index in [9.17, 15) is 18.0 Å². The molecule has 3 N–H and O–H groups in total. The van der Waals surface area contributed by atoms with Gasteiger partial charge in [0, 0.05) is 4.47 Å². The summed E-state index contributed by atoms with van der Waals surface area (Å²) < 4.78 is 33.0. The van der Waals surface area contributed by atoms with Crippen LogP contribution >= 0.6 is 15.9 Å². The summed E-state index contributed by atoms with van der Waals surface area (Å²) in [5.74, 6) is -1.06. The van der Waals surface area contributed by atoms with E-state index < -0.39 is 33.7 Å². The van der Waals surface area contributed by atoms with Crippen LogP contribution in [0.1, 0.15) is 34.6 Å². The lowest BCUT2D eigenvalue weighted by atomic mass is 10.1. The third-order valence-electron chi connectivity index (χ3n) is 3.04. The molecule has 0 aliphatic rings. The van der Waals surface area contributed by atoms with E-state index in [-0.39, 0.29) is 10.8 Å². The first-order valence-corrected chi connectivity index (χ1v) is 10.2. The summed E-state index contributed by atoms with van der Waals surface area (Å²) >= 11 is 3.23. The van der Waals surface area contributed by atoms with Gasteiger partial charge in [-0.1, -0.05) is 29.8 Å². The fourth-order valence-corrected chi connectivity index (χ4v) is 3.44. The van der Waals surface area contributed by atoms with Crippen LogP contribution < -0.4 is 15.6 Å². The Balaban J connectivity index is 2.80. The van der Waals surface area contributed by atoms with Gasteiger partial charge in [-0.25, -0.2) is 18.6 Å². The quantitative estimate of drug-likeness (QED) is 0.596. The van der Waals surface area contributed by atoms with Crippen LogP contribution in [0.5, 0.6) is 0 Å². The zero-order valence-corrected chi connectivity index (χ0v) is 17.7. The van der Waals surface area contributed by atoms with Gasteiger partial charge < -0.3 is 4.74 Å². The Hall–Kier alpha value is -1.65. The van der Waals surface area contributed by atoms with Gasteiger partial charge in [0.2, 0.25) is 10.0 Å². The predicted octanol–water partition coefficient (Wildman–Crippen LogP) is 2.31. The molecule has 26 heavy (non-hydrogen) atoms. The lowest BCUT2D eigenvalue weighted by Crippen LogP contribution is -2.54. The summed E-state index contributed by atoms with van der Waals surface area (Å²) in [6, 6.07) is 4.92. The number of halogens is 1. The van der Waals surface area contributed by atoms with Crippen molar-refractivity contribution in [3.05, 3.63) is 28.7 Å². The highest BCUT2D eigenvalue weighted by Crippen LogP contribution is 2.16. The zero-order chi connectivity index (χ0) is 20.1. The number of carbonyl (C=O) groups excluding carboxylic acids is 2. The summed E-state index contributed by atoms with van der Waals surface area (Å²) in [5.41, 5.74) is 3.55. The van der Waals surface area contributed by atoms with Crippen molar-refractivity contribution in [1.29, 1.82) is 0 Å². The summed E-state index contributed by atoms with van der Waals surface area (Å²) in [6.45, 7) is 8.40. The Morgan fingerprint density at radius 1 is 1.08 bits per heavy atom. The van der Waals surface area contributed by atoms with Crippen LogP contribution in [0.15, 0.2) is 33.6 Å². The second-order valence-electron chi connectivity index (χ2n) is 6.91. The third-order valence-corrected chi connectivity index (χ3v) is 5.03. The van der Waals surface area contributed by atoms with Gasteiger partial charge >= 0.3 is 6.09 Å². The van der Waals surface area contributed by atoms with E-state index >= 15 is 0 Å². The second-order valence-corrected chi connectivity index (χ2v) is 9.54. The second kappa shape index (κ2) is 8.83. The molecule has 146 valence electrons. The fraction of sp³-hybridized carbons (Fsp3) is 0.500. The number of nitrogens with one attached hydrogen (secondary N) is 3. The summed E-state index contributed by atoms with van der Waals surface area (Å²) in [7, 11) is -3.91. The van der Waals surface area contributed by atoms with Gasteiger partial charge in [0.25, 0.3) is 5.91 Å².